The number of benzene rings is 1. The highest BCUT2D eigenvalue weighted by atomic mass is 16.5. The van der Waals surface area contributed by atoms with Crippen LogP contribution in [0.15, 0.2) is 24.3 Å². The van der Waals surface area contributed by atoms with Crippen LogP contribution in [0.3, 0.4) is 0 Å². The van der Waals surface area contributed by atoms with Gasteiger partial charge < -0.3 is 10.1 Å². The number of hydrogen-bond donors (Lipinski definition) is 1. The molecule has 1 N–H and O–H groups in total. The highest BCUT2D eigenvalue weighted by molar-refractivity contribution is 5.46. The van der Waals surface area contributed by atoms with E-state index in [1.165, 1.54) is 17.7 Å². The van der Waals surface area contributed by atoms with Crippen LogP contribution >= 0.6 is 0 Å². The third-order valence-electron chi connectivity index (χ3n) is 3.34. The minimum absolute atomic E-state index is 0.278. The molecular weight excluding hydrogens is 198 g/mol. The van der Waals surface area contributed by atoms with Crippen LogP contribution < -0.4 is 5.32 Å². The molecule has 0 unspecified atom stereocenters. The van der Waals surface area contributed by atoms with E-state index in [1.807, 2.05) is 7.05 Å². The van der Waals surface area contributed by atoms with Gasteiger partial charge in [0.05, 0.1) is 13.2 Å². The molecule has 0 spiro atoms. The molecule has 1 aliphatic heterocycles. The van der Waals surface area contributed by atoms with E-state index >= 15 is 0 Å². The quantitative estimate of drug-likeness (QED) is 0.840. The van der Waals surface area contributed by atoms with Crippen LogP contribution in [0.25, 0.3) is 0 Å². The highest BCUT2D eigenvalue weighted by Crippen LogP contribution is 2.38. The lowest BCUT2D eigenvalue weighted by molar-refractivity contribution is -0.0697. The topological polar surface area (TPSA) is 21.3 Å². The summed E-state index contributed by atoms with van der Waals surface area (Å²) in [6, 6.07) is 8.76. The second kappa shape index (κ2) is 4.46. The van der Waals surface area contributed by atoms with E-state index in [1.54, 1.807) is 0 Å². The van der Waals surface area contributed by atoms with Gasteiger partial charge in [-0.05, 0) is 30.0 Å². The first-order valence-electron chi connectivity index (χ1n) is 6.02. The molecule has 2 heteroatoms. The van der Waals surface area contributed by atoms with Gasteiger partial charge in [0.15, 0.2) is 0 Å². The monoisotopic (exact) mass is 219 g/mol. The zero-order chi connectivity index (χ0) is 11.6. The third-order valence-corrected chi connectivity index (χ3v) is 3.34. The van der Waals surface area contributed by atoms with Gasteiger partial charge in [-0.25, -0.2) is 0 Å². The Hall–Kier alpha value is -1.02. The standard InChI is InChI=1S/C14H21NO/c1-11(2)8-14(9-16-10-14)12-4-6-13(15-3)7-5-12/h4-7,11,15H,8-10H2,1-3H3. The Morgan fingerprint density at radius 3 is 2.25 bits per heavy atom. The van der Waals surface area contributed by atoms with Crippen molar-refractivity contribution in [3.05, 3.63) is 29.8 Å². The van der Waals surface area contributed by atoms with Gasteiger partial charge in [-0.1, -0.05) is 26.0 Å². The van der Waals surface area contributed by atoms with Gasteiger partial charge in [0.1, 0.15) is 0 Å². The SMILES string of the molecule is CNc1ccc(C2(CC(C)C)COC2)cc1. The van der Waals surface area contributed by atoms with Gasteiger partial charge in [-0.15, -0.1) is 0 Å². The fourth-order valence-electron chi connectivity index (χ4n) is 2.52. The minimum atomic E-state index is 0.278. The molecule has 0 aliphatic carbocycles. The number of ether oxygens (including phenoxy) is 1. The Kier molecular flexibility index (Phi) is 3.20. The van der Waals surface area contributed by atoms with Crippen molar-refractivity contribution < 1.29 is 4.74 Å². The molecule has 0 bridgehead atoms. The first-order chi connectivity index (χ1) is 7.66. The molecule has 0 amide bonds. The summed E-state index contributed by atoms with van der Waals surface area (Å²) in [7, 11) is 1.95. The van der Waals surface area contributed by atoms with Crippen molar-refractivity contribution in [1.82, 2.24) is 0 Å². The number of hydrogen-bond acceptors (Lipinski definition) is 2. The summed E-state index contributed by atoms with van der Waals surface area (Å²) in [5.74, 6) is 0.716. The maximum absolute atomic E-state index is 5.43. The van der Waals surface area contributed by atoms with Crippen molar-refractivity contribution in [3.8, 4) is 0 Å². The summed E-state index contributed by atoms with van der Waals surface area (Å²) in [6.07, 6.45) is 1.21. The largest absolute Gasteiger partial charge is 0.388 e. The van der Waals surface area contributed by atoms with E-state index < -0.39 is 0 Å². The average Bonchev–Trinajstić information content (AvgIpc) is 2.23. The lowest BCUT2D eigenvalue weighted by Gasteiger charge is -2.43. The normalized spacial score (nSPS) is 18.2. The van der Waals surface area contributed by atoms with Crippen molar-refractivity contribution in [2.75, 3.05) is 25.6 Å². The van der Waals surface area contributed by atoms with Crippen LogP contribution in [0.2, 0.25) is 0 Å². The second-order valence-electron chi connectivity index (χ2n) is 5.20. The lowest BCUT2D eigenvalue weighted by Crippen LogP contribution is -2.47. The summed E-state index contributed by atoms with van der Waals surface area (Å²) in [6.45, 7) is 6.32. The molecule has 0 saturated carbocycles. The van der Waals surface area contributed by atoms with E-state index in [9.17, 15) is 0 Å². The van der Waals surface area contributed by atoms with Crippen molar-refractivity contribution in [2.45, 2.75) is 25.7 Å². The summed E-state index contributed by atoms with van der Waals surface area (Å²) < 4.78 is 5.43. The highest BCUT2D eigenvalue weighted by Gasteiger charge is 2.40. The molecular formula is C14H21NO. The first kappa shape index (κ1) is 11.5. The molecule has 1 aliphatic rings. The Labute approximate surface area is 98.0 Å². The van der Waals surface area contributed by atoms with Crippen molar-refractivity contribution in [3.63, 3.8) is 0 Å². The Bertz CT molecular complexity index is 338. The predicted octanol–water partition coefficient (Wildman–Crippen LogP) is 3.04. The smallest absolute Gasteiger partial charge is 0.0585 e. The maximum Gasteiger partial charge on any atom is 0.0585 e. The van der Waals surface area contributed by atoms with E-state index in [0.29, 0.717) is 5.92 Å². The van der Waals surface area contributed by atoms with Crippen molar-refractivity contribution in [2.24, 2.45) is 5.92 Å². The van der Waals surface area contributed by atoms with E-state index in [4.69, 9.17) is 4.74 Å². The van der Waals surface area contributed by atoms with Crippen LogP contribution in [0.5, 0.6) is 0 Å². The van der Waals surface area contributed by atoms with E-state index in [0.717, 1.165) is 13.2 Å². The fourth-order valence-corrected chi connectivity index (χ4v) is 2.52. The Morgan fingerprint density at radius 1 is 1.25 bits per heavy atom. The zero-order valence-electron chi connectivity index (χ0n) is 10.4. The molecule has 1 saturated heterocycles. The zero-order valence-corrected chi connectivity index (χ0v) is 10.4. The van der Waals surface area contributed by atoms with Crippen molar-refractivity contribution >= 4 is 5.69 Å². The maximum atomic E-state index is 5.43. The molecule has 0 aromatic heterocycles. The van der Waals surface area contributed by atoms with Gasteiger partial charge in [-0.3, -0.25) is 0 Å². The number of nitrogens with one attached hydrogen (secondary N) is 1. The molecule has 2 nitrogen and oxygen atoms in total. The predicted molar refractivity (Wildman–Crippen MR) is 67.9 cm³/mol. The number of anilines is 1. The molecule has 1 aromatic carbocycles. The van der Waals surface area contributed by atoms with E-state index in [2.05, 4.69) is 43.4 Å². The molecule has 1 fully saturated rings. The molecule has 16 heavy (non-hydrogen) atoms. The van der Waals surface area contributed by atoms with Gasteiger partial charge in [0.2, 0.25) is 0 Å². The molecule has 1 heterocycles. The van der Waals surface area contributed by atoms with Crippen LogP contribution in [0.1, 0.15) is 25.8 Å². The van der Waals surface area contributed by atoms with E-state index in [-0.39, 0.29) is 5.41 Å². The number of rotatable bonds is 4. The minimum Gasteiger partial charge on any atom is -0.388 e. The van der Waals surface area contributed by atoms with Gasteiger partial charge in [0.25, 0.3) is 0 Å². The van der Waals surface area contributed by atoms with Gasteiger partial charge >= 0.3 is 0 Å². The molecule has 2 rings (SSSR count). The van der Waals surface area contributed by atoms with Gasteiger partial charge in [0, 0.05) is 18.2 Å². The summed E-state index contributed by atoms with van der Waals surface area (Å²) >= 11 is 0. The summed E-state index contributed by atoms with van der Waals surface area (Å²) in [5.41, 5.74) is 2.87. The molecule has 88 valence electrons. The van der Waals surface area contributed by atoms with Crippen molar-refractivity contribution in [1.29, 1.82) is 0 Å². The fraction of sp³-hybridized carbons (Fsp3) is 0.571. The average molecular weight is 219 g/mol. The first-order valence-corrected chi connectivity index (χ1v) is 6.02. The van der Waals surface area contributed by atoms with Gasteiger partial charge in [-0.2, -0.15) is 0 Å². The summed E-state index contributed by atoms with van der Waals surface area (Å²) in [4.78, 5) is 0. The molecule has 1 aromatic rings. The van der Waals surface area contributed by atoms with Crippen LogP contribution in [0, 0.1) is 5.92 Å². The lowest BCUT2D eigenvalue weighted by atomic mass is 9.73. The second-order valence-corrected chi connectivity index (χ2v) is 5.20. The molecule has 0 radical (unpaired) electrons. The van der Waals surface area contributed by atoms with Crippen LogP contribution in [-0.2, 0) is 10.2 Å². The summed E-state index contributed by atoms with van der Waals surface area (Å²) in [5, 5.41) is 3.15. The van der Waals surface area contributed by atoms with Crippen LogP contribution in [-0.4, -0.2) is 20.3 Å². The third kappa shape index (κ3) is 2.07. The Morgan fingerprint density at radius 2 is 1.88 bits per heavy atom. The Balaban J connectivity index is 2.19. The van der Waals surface area contributed by atoms with Crippen LogP contribution in [0.4, 0.5) is 5.69 Å². The molecule has 0 atom stereocenters.